The molecule has 0 aromatic heterocycles. The summed E-state index contributed by atoms with van der Waals surface area (Å²) in [5.74, 6) is -0.665. The Morgan fingerprint density at radius 1 is 1.09 bits per heavy atom. The summed E-state index contributed by atoms with van der Waals surface area (Å²) in [6.07, 6.45) is 1.24. The normalized spacial score (nSPS) is 11.5. The van der Waals surface area contributed by atoms with Crippen molar-refractivity contribution in [2.45, 2.75) is 18.4 Å². The summed E-state index contributed by atoms with van der Waals surface area (Å²) in [5, 5.41) is 12.4. The topological polar surface area (TPSA) is 96.3 Å². The van der Waals surface area contributed by atoms with E-state index in [1.165, 1.54) is 36.4 Å². The van der Waals surface area contributed by atoms with Gasteiger partial charge in [-0.1, -0.05) is 59.6 Å². The second-order valence-corrected chi connectivity index (χ2v) is 8.85. The van der Waals surface area contributed by atoms with Crippen LogP contribution >= 0.6 is 11.6 Å². The van der Waals surface area contributed by atoms with E-state index in [1.807, 2.05) is 43.3 Å². The molecule has 0 spiro atoms. The fourth-order valence-electron chi connectivity index (χ4n) is 2.76. The maximum Gasteiger partial charge on any atom is 0.339 e. The highest BCUT2D eigenvalue weighted by Crippen LogP contribution is 2.28. The molecule has 0 aliphatic rings. The van der Waals surface area contributed by atoms with Gasteiger partial charge in [-0.25, -0.2) is 0 Å². The summed E-state index contributed by atoms with van der Waals surface area (Å²) in [6, 6.07) is 21.5. The maximum absolute atomic E-state index is 12.7. The Balaban J connectivity index is 1.87. The van der Waals surface area contributed by atoms with E-state index >= 15 is 0 Å². The minimum absolute atomic E-state index is 0.0194. The van der Waals surface area contributed by atoms with Crippen LogP contribution in [0.25, 0.3) is 6.08 Å². The molecule has 1 N–H and O–H groups in total. The third kappa shape index (κ3) is 5.97. The second kappa shape index (κ2) is 10.1. The van der Waals surface area contributed by atoms with Gasteiger partial charge < -0.3 is 9.50 Å². The summed E-state index contributed by atoms with van der Waals surface area (Å²) >= 11 is 6.05. The molecule has 8 heteroatoms. The molecule has 0 saturated heterocycles. The van der Waals surface area contributed by atoms with E-state index in [1.54, 1.807) is 12.1 Å². The van der Waals surface area contributed by atoms with Crippen LogP contribution in [0.2, 0.25) is 5.02 Å². The van der Waals surface area contributed by atoms with Gasteiger partial charge in [0.05, 0.1) is 0 Å². The predicted octanol–water partition coefficient (Wildman–Crippen LogP) is 4.64. The van der Waals surface area contributed by atoms with Gasteiger partial charge in [0.2, 0.25) is 0 Å². The molecule has 0 radical (unpaired) electrons. The van der Waals surface area contributed by atoms with E-state index in [0.717, 1.165) is 11.1 Å². The fourth-order valence-corrected chi connectivity index (χ4v) is 3.89. The van der Waals surface area contributed by atoms with E-state index in [4.69, 9.17) is 15.8 Å². The summed E-state index contributed by atoms with van der Waals surface area (Å²) in [5.41, 5.74) is 1.73. The van der Waals surface area contributed by atoms with Crippen molar-refractivity contribution in [3.63, 3.8) is 0 Å². The van der Waals surface area contributed by atoms with E-state index in [-0.39, 0.29) is 28.3 Å². The van der Waals surface area contributed by atoms with E-state index < -0.39 is 16.0 Å². The number of rotatable bonds is 7. The zero-order valence-corrected chi connectivity index (χ0v) is 18.7. The third-order valence-electron chi connectivity index (χ3n) is 4.44. The van der Waals surface area contributed by atoms with Gasteiger partial charge in [0.1, 0.15) is 22.3 Å². The molecule has 0 atom stereocenters. The van der Waals surface area contributed by atoms with Gasteiger partial charge in [0, 0.05) is 17.1 Å². The van der Waals surface area contributed by atoms with Crippen molar-refractivity contribution in [1.82, 2.24) is 5.32 Å². The fraction of sp³-hybridized carbons (Fsp3) is 0.0833. The standard InChI is InChI=1S/C24H19ClN2O4S/c1-17-7-10-22(11-8-17)32(29,30)31-23-12-9-21(25)14-19(23)13-20(15-26)24(28)27-16-18-5-3-2-4-6-18/h2-14H,16H2,1H3,(H,27,28)/b20-13+. The van der Waals surface area contributed by atoms with Gasteiger partial charge in [-0.05, 0) is 48.9 Å². The highest BCUT2D eigenvalue weighted by Gasteiger charge is 2.19. The van der Waals surface area contributed by atoms with Crippen LogP contribution in [-0.4, -0.2) is 14.3 Å². The van der Waals surface area contributed by atoms with Gasteiger partial charge in [-0.3, -0.25) is 4.79 Å². The lowest BCUT2D eigenvalue weighted by Crippen LogP contribution is -2.23. The molecule has 0 bridgehead atoms. The van der Waals surface area contributed by atoms with Crippen molar-refractivity contribution < 1.29 is 17.4 Å². The largest absolute Gasteiger partial charge is 0.378 e. The van der Waals surface area contributed by atoms with E-state index in [2.05, 4.69) is 5.32 Å². The Hall–Kier alpha value is -3.60. The second-order valence-electron chi connectivity index (χ2n) is 6.87. The molecule has 1 amide bonds. The SMILES string of the molecule is Cc1ccc(S(=O)(=O)Oc2ccc(Cl)cc2/C=C(\C#N)C(=O)NCc2ccccc2)cc1. The minimum Gasteiger partial charge on any atom is -0.378 e. The van der Waals surface area contributed by atoms with Crippen LogP contribution in [0, 0.1) is 18.3 Å². The van der Waals surface area contributed by atoms with Crippen molar-refractivity contribution in [1.29, 1.82) is 5.26 Å². The van der Waals surface area contributed by atoms with Crippen LogP contribution < -0.4 is 9.50 Å². The lowest BCUT2D eigenvalue weighted by Gasteiger charge is -2.11. The average Bonchev–Trinajstić information content (AvgIpc) is 2.78. The van der Waals surface area contributed by atoms with Gasteiger partial charge in [-0.2, -0.15) is 13.7 Å². The van der Waals surface area contributed by atoms with Crippen molar-refractivity contribution in [2.24, 2.45) is 0 Å². The van der Waals surface area contributed by atoms with Gasteiger partial charge in [-0.15, -0.1) is 0 Å². The predicted molar refractivity (Wildman–Crippen MR) is 122 cm³/mol. The van der Waals surface area contributed by atoms with Crippen LogP contribution in [-0.2, 0) is 21.5 Å². The molecule has 0 saturated carbocycles. The Kier molecular flexibility index (Phi) is 7.31. The molecule has 3 aromatic rings. The summed E-state index contributed by atoms with van der Waals surface area (Å²) < 4.78 is 30.7. The zero-order chi connectivity index (χ0) is 23.1. The van der Waals surface area contributed by atoms with Gasteiger partial charge in [0.25, 0.3) is 5.91 Å². The molecule has 0 heterocycles. The van der Waals surface area contributed by atoms with Gasteiger partial charge in [0.15, 0.2) is 0 Å². The number of carbonyl (C=O) groups is 1. The van der Waals surface area contributed by atoms with Gasteiger partial charge >= 0.3 is 10.1 Å². The number of nitriles is 1. The number of hydrogen-bond donors (Lipinski definition) is 1. The smallest absolute Gasteiger partial charge is 0.339 e. The summed E-state index contributed by atoms with van der Waals surface area (Å²) in [4.78, 5) is 12.5. The molecule has 3 rings (SSSR count). The van der Waals surface area contributed by atoms with E-state index in [9.17, 15) is 18.5 Å². The Labute approximate surface area is 191 Å². The number of hydrogen-bond acceptors (Lipinski definition) is 5. The first-order valence-corrected chi connectivity index (χ1v) is 11.3. The Bertz CT molecular complexity index is 1300. The van der Waals surface area contributed by atoms with Crippen molar-refractivity contribution in [2.75, 3.05) is 0 Å². The Morgan fingerprint density at radius 3 is 2.44 bits per heavy atom. The molecular formula is C24H19ClN2O4S. The maximum atomic E-state index is 12.7. The van der Waals surface area contributed by atoms with Crippen molar-refractivity contribution in [3.8, 4) is 11.8 Å². The van der Waals surface area contributed by atoms with Crippen molar-refractivity contribution in [3.05, 3.63) is 100 Å². The number of carbonyl (C=O) groups excluding carboxylic acids is 1. The molecular weight excluding hydrogens is 448 g/mol. The van der Waals surface area contributed by atoms with Crippen LogP contribution in [0.1, 0.15) is 16.7 Å². The molecule has 0 unspecified atom stereocenters. The summed E-state index contributed by atoms with van der Waals surface area (Å²) in [6.45, 7) is 2.07. The Morgan fingerprint density at radius 2 is 1.78 bits per heavy atom. The van der Waals surface area contributed by atoms with Crippen LogP contribution in [0.15, 0.2) is 83.3 Å². The molecule has 162 valence electrons. The number of nitrogens with zero attached hydrogens (tertiary/aromatic N) is 1. The first kappa shape index (κ1) is 23.1. The monoisotopic (exact) mass is 466 g/mol. The van der Waals surface area contributed by atoms with E-state index in [0.29, 0.717) is 5.02 Å². The molecule has 32 heavy (non-hydrogen) atoms. The minimum atomic E-state index is -4.13. The quantitative estimate of drug-likeness (QED) is 0.311. The zero-order valence-electron chi connectivity index (χ0n) is 17.1. The number of halogens is 1. The number of amides is 1. The van der Waals surface area contributed by atoms with Crippen LogP contribution in [0.5, 0.6) is 5.75 Å². The molecule has 0 fully saturated rings. The first-order valence-electron chi connectivity index (χ1n) is 9.53. The van der Waals surface area contributed by atoms with Crippen LogP contribution in [0.4, 0.5) is 0 Å². The highest BCUT2D eigenvalue weighted by atomic mass is 35.5. The number of benzene rings is 3. The van der Waals surface area contributed by atoms with Crippen LogP contribution in [0.3, 0.4) is 0 Å². The first-order chi connectivity index (χ1) is 15.3. The average molecular weight is 467 g/mol. The third-order valence-corrected chi connectivity index (χ3v) is 5.93. The number of nitrogens with one attached hydrogen (secondary N) is 1. The molecule has 6 nitrogen and oxygen atoms in total. The molecule has 0 aliphatic heterocycles. The van der Waals surface area contributed by atoms with Crippen molar-refractivity contribution >= 4 is 33.7 Å². The summed E-state index contributed by atoms with van der Waals surface area (Å²) in [7, 11) is -4.13. The molecule has 3 aromatic carbocycles. The lowest BCUT2D eigenvalue weighted by molar-refractivity contribution is -0.117. The number of aryl methyl sites for hydroxylation is 1. The molecule has 0 aliphatic carbocycles. The lowest BCUT2D eigenvalue weighted by atomic mass is 10.1. The highest BCUT2D eigenvalue weighted by molar-refractivity contribution is 7.87.